The van der Waals surface area contributed by atoms with Crippen molar-refractivity contribution in [2.75, 3.05) is 13.6 Å². The summed E-state index contributed by atoms with van der Waals surface area (Å²) in [6.45, 7) is 7.42. The quantitative estimate of drug-likeness (QED) is 0.599. The zero-order valence-electron chi connectivity index (χ0n) is 10.1. The van der Waals surface area contributed by atoms with Crippen LogP contribution in [0.5, 0.6) is 0 Å². The predicted molar refractivity (Wildman–Crippen MR) is 59.4 cm³/mol. The maximum atomic E-state index is 11.3. The Morgan fingerprint density at radius 3 is 2.20 bits per heavy atom. The molecule has 0 heterocycles. The van der Waals surface area contributed by atoms with Crippen molar-refractivity contribution in [1.29, 1.82) is 0 Å². The third kappa shape index (κ3) is 6.90. The summed E-state index contributed by atoms with van der Waals surface area (Å²) in [5.41, 5.74) is -0.267. The molecule has 0 aliphatic rings. The van der Waals surface area contributed by atoms with Gasteiger partial charge in [-0.15, -0.1) is 0 Å². The van der Waals surface area contributed by atoms with Crippen LogP contribution in [0.3, 0.4) is 0 Å². The molecule has 0 aliphatic carbocycles. The lowest BCUT2D eigenvalue weighted by Gasteiger charge is -2.20. The average molecular weight is 215 g/mol. The average Bonchev–Trinajstić information content (AvgIpc) is 2.10. The molecule has 15 heavy (non-hydrogen) atoms. The van der Waals surface area contributed by atoms with Gasteiger partial charge in [-0.3, -0.25) is 9.59 Å². The monoisotopic (exact) mass is 215 g/mol. The minimum atomic E-state index is -0.285. The largest absolute Gasteiger partial charge is 0.350 e. The Bertz CT molecular complexity index is 233. The second-order valence-corrected chi connectivity index (χ2v) is 4.53. The summed E-state index contributed by atoms with van der Waals surface area (Å²) in [5, 5.41) is 8.09. The summed E-state index contributed by atoms with van der Waals surface area (Å²) in [7, 11) is 1.69. The topological polar surface area (TPSA) is 70.2 Å². The Kier molecular flexibility index (Phi) is 5.28. The first kappa shape index (κ1) is 13.9. The van der Waals surface area contributed by atoms with Crippen molar-refractivity contribution in [2.45, 2.75) is 39.3 Å². The van der Waals surface area contributed by atoms with E-state index in [1.807, 2.05) is 20.8 Å². The molecule has 0 bridgehead atoms. The maximum Gasteiger partial charge on any atom is 0.239 e. The van der Waals surface area contributed by atoms with Gasteiger partial charge in [-0.05, 0) is 34.7 Å². The van der Waals surface area contributed by atoms with E-state index in [0.29, 0.717) is 0 Å². The van der Waals surface area contributed by atoms with Gasteiger partial charge in [0, 0.05) is 5.54 Å². The van der Waals surface area contributed by atoms with Gasteiger partial charge in [0.2, 0.25) is 11.8 Å². The van der Waals surface area contributed by atoms with E-state index in [1.165, 1.54) is 0 Å². The molecule has 5 heteroatoms. The summed E-state index contributed by atoms with van der Waals surface area (Å²) in [4.78, 5) is 22.6. The van der Waals surface area contributed by atoms with Gasteiger partial charge in [0.25, 0.3) is 0 Å². The van der Waals surface area contributed by atoms with Crippen LogP contribution in [0.4, 0.5) is 0 Å². The van der Waals surface area contributed by atoms with Gasteiger partial charge in [-0.1, -0.05) is 0 Å². The molecule has 0 spiro atoms. The lowest BCUT2D eigenvalue weighted by atomic mass is 10.1. The Labute approximate surface area is 91.0 Å². The van der Waals surface area contributed by atoms with E-state index in [2.05, 4.69) is 16.0 Å². The summed E-state index contributed by atoms with van der Waals surface area (Å²) >= 11 is 0. The van der Waals surface area contributed by atoms with E-state index in [0.717, 1.165) is 0 Å². The zero-order valence-corrected chi connectivity index (χ0v) is 10.1. The molecule has 0 fully saturated rings. The van der Waals surface area contributed by atoms with Crippen LogP contribution in [0, 0.1) is 0 Å². The minimum absolute atomic E-state index is 0.0160. The number of hydrogen-bond donors (Lipinski definition) is 3. The number of hydrogen-bond acceptors (Lipinski definition) is 3. The third-order valence-corrected chi connectivity index (χ3v) is 1.76. The lowest BCUT2D eigenvalue weighted by molar-refractivity contribution is -0.127. The van der Waals surface area contributed by atoms with Gasteiger partial charge in [0.05, 0.1) is 12.6 Å². The first-order valence-electron chi connectivity index (χ1n) is 5.02. The molecule has 88 valence electrons. The highest BCUT2D eigenvalue weighted by molar-refractivity contribution is 5.87. The molecule has 0 saturated heterocycles. The summed E-state index contributed by atoms with van der Waals surface area (Å²) in [6, 6.07) is -0.285. The van der Waals surface area contributed by atoms with Crippen LogP contribution in [0.2, 0.25) is 0 Å². The summed E-state index contributed by atoms with van der Waals surface area (Å²) in [5.74, 6) is -0.360. The third-order valence-electron chi connectivity index (χ3n) is 1.76. The number of carbonyl (C=O) groups excluding carboxylic acids is 2. The first-order chi connectivity index (χ1) is 6.76. The second kappa shape index (κ2) is 5.70. The minimum Gasteiger partial charge on any atom is -0.350 e. The van der Waals surface area contributed by atoms with Gasteiger partial charge in [-0.2, -0.15) is 0 Å². The van der Waals surface area contributed by atoms with Crippen molar-refractivity contribution in [2.24, 2.45) is 0 Å². The van der Waals surface area contributed by atoms with E-state index >= 15 is 0 Å². The van der Waals surface area contributed by atoms with Crippen LogP contribution in [0.25, 0.3) is 0 Å². The van der Waals surface area contributed by atoms with E-state index in [1.54, 1.807) is 14.0 Å². The highest BCUT2D eigenvalue weighted by Gasteiger charge is 2.15. The van der Waals surface area contributed by atoms with Gasteiger partial charge in [-0.25, -0.2) is 0 Å². The van der Waals surface area contributed by atoms with E-state index in [-0.39, 0.29) is 29.9 Å². The van der Waals surface area contributed by atoms with Crippen molar-refractivity contribution >= 4 is 11.8 Å². The molecule has 3 N–H and O–H groups in total. The Morgan fingerprint density at radius 1 is 1.27 bits per heavy atom. The fourth-order valence-corrected chi connectivity index (χ4v) is 0.914. The summed E-state index contributed by atoms with van der Waals surface area (Å²) < 4.78 is 0. The number of likely N-dealkylation sites (N-methyl/N-ethyl adjacent to an activating group) is 1. The number of amides is 2. The molecule has 0 rings (SSSR count). The highest BCUT2D eigenvalue weighted by Crippen LogP contribution is 1.97. The van der Waals surface area contributed by atoms with Crippen molar-refractivity contribution in [3.05, 3.63) is 0 Å². The molecule has 0 radical (unpaired) electrons. The molecule has 5 nitrogen and oxygen atoms in total. The summed E-state index contributed by atoms with van der Waals surface area (Å²) in [6.07, 6.45) is 0. The maximum absolute atomic E-state index is 11.3. The van der Waals surface area contributed by atoms with Crippen LogP contribution in [-0.2, 0) is 9.59 Å². The van der Waals surface area contributed by atoms with Crippen LogP contribution >= 0.6 is 0 Å². The van der Waals surface area contributed by atoms with Crippen LogP contribution in [0.15, 0.2) is 0 Å². The van der Waals surface area contributed by atoms with E-state index in [4.69, 9.17) is 0 Å². The second-order valence-electron chi connectivity index (χ2n) is 4.53. The van der Waals surface area contributed by atoms with Gasteiger partial charge < -0.3 is 16.0 Å². The van der Waals surface area contributed by atoms with E-state index < -0.39 is 0 Å². The van der Waals surface area contributed by atoms with E-state index in [9.17, 15) is 9.59 Å². The molecular weight excluding hydrogens is 194 g/mol. The van der Waals surface area contributed by atoms with Crippen molar-refractivity contribution in [1.82, 2.24) is 16.0 Å². The van der Waals surface area contributed by atoms with Crippen molar-refractivity contribution in [3.8, 4) is 0 Å². The molecule has 0 aromatic heterocycles. The number of carbonyl (C=O) groups is 2. The number of nitrogens with one attached hydrogen (secondary N) is 3. The van der Waals surface area contributed by atoms with Crippen LogP contribution in [0.1, 0.15) is 27.7 Å². The number of rotatable bonds is 4. The Morgan fingerprint density at radius 2 is 1.80 bits per heavy atom. The molecule has 1 unspecified atom stereocenters. The fraction of sp³-hybridized carbons (Fsp3) is 0.800. The lowest BCUT2D eigenvalue weighted by Crippen LogP contribution is -2.48. The van der Waals surface area contributed by atoms with Crippen LogP contribution < -0.4 is 16.0 Å². The van der Waals surface area contributed by atoms with Crippen LogP contribution in [-0.4, -0.2) is 37.0 Å². The molecule has 0 aliphatic heterocycles. The first-order valence-corrected chi connectivity index (χ1v) is 5.02. The van der Waals surface area contributed by atoms with Crippen molar-refractivity contribution in [3.63, 3.8) is 0 Å². The standard InChI is InChI=1S/C10H21N3O2/c1-7(11-5)9(15)12-6-8(14)13-10(2,3)4/h7,11H,6H2,1-5H3,(H,12,15)(H,13,14). The SMILES string of the molecule is CNC(C)C(=O)NCC(=O)NC(C)(C)C. The molecule has 0 aromatic carbocycles. The highest BCUT2D eigenvalue weighted by atomic mass is 16.2. The smallest absolute Gasteiger partial charge is 0.239 e. The van der Waals surface area contributed by atoms with Gasteiger partial charge in [0.15, 0.2) is 0 Å². The predicted octanol–water partition coefficient (Wildman–Crippen LogP) is -0.375. The zero-order chi connectivity index (χ0) is 12.1. The van der Waals surface area contributed by atoms with Gasteiger partial charge >= 0.3 is 0 Å². The normalized spacial score (nSPS) is 13.1. The molecular formula is C10H21N3O2. The molecule has 2 amide bonds. The van der Waals surface area contributed by atoms with Gasteiger partial charge in [0.1, 0.15) is 0 Å². The molecule has 0 saturated carbocycles. The fourth-order valence-electron chi connectivity index (χ4n) is 0.914. The Balaban J connectivity index is 3.87. The molecule has 0 aromatic rings. The Hall–Kier alpha value is -1.10. The molecule has 1 atom stereocenters. The van der Waals surface area contributed by atoms with Crippen molar-refractivity contribution < 1.29 is 9.59 Å².